The summed E-state index contributed by atoms with van der Waals surface area (Å²) in [5, 5.41) is 6.12. The molecule has 2 aromatic carbocycles. The summed E-state index contributed by atoms with van der Waals surface area (Å²) in [7, 11) is 0. The lowest BCUT2D eigenvalue weighted by atomic mass is 9.99. The first kappa shape index (κ1) is 26.6. The quantitative estimate of drug-likeness (QED) is 0.168. The van der Waals surface area contributed by atoms with Crippen LogP contribution in [0.1, 0.15) is 75.8 Å². The second kappa shape index (κ2) is 12.3. The van der Waals surface area contributed by atoms with Crippen molar-refractivity contribution < 1.29 is 14.4 Å². The lowest BCUT2D eigenvalue weighted by Gasteiger charge is -2.11. The van der Waals surface area contributed by atoms with E-state index in [0.717, 1.165) is 11.2 Å². The van der Waals surface area contributed by atoms with Crippen LogP contribution in [0.3, 0.4) is 0 Å². The molecule has 0 aliphatic heterocycles. The van der Waals surface area contributed by atoms with Crippen molar-refractivity contribution in [3.05, 3.63) is 76.0 Å². The fraction of sp³-hybridized carbons (Fsp3) is 0.333. The average molecular weight is 544 g/mol. The van der Waals surface area contributed by atoms with Gasteiger partial charge in [0.2, 0.25) is 11.9 Å². The minimum Gasteiger partial charge on any atom is -0.378 e. The minimum atomic E-state index is -0.432. The molecular weight excluding hydrogens is 510 g/mol. The van der Waals surface area contributed by atoms with Gasteiger partial charge in [0.1, 0.15) is 0 Å². The number of Topliss-reactive ketones (excluding diaryl/α,β-unsaturated/α-hetero) is 1. The molecule has 8 nitrogen and oxygen atoms in total. The molecule has 0 bridgehead atoms. The van der Waals surface area contributed by atoms with Gasteiger partial charge in [-0.15, -0.1) is 11.3 Å². The van der Waals surface area contributed by atoms with Crippen molar-refractivity contribution in [2.45, 2.75) is 57.4 Å². The monoisotopic (exact) mass is 543 g/mol. The van der Waals surface area contributed by atoms with Crippen molar-refractivity contribution in [1.82, 2.24) is 9.55 Å². The van der Waals surface area contributed by atoms with Crippen LogP contribution in [0.25, 0.3) is 11.0 Å². The SMILES string of the molecule is NC(=O)CCn1c(NC(=O)c2ccc(C3CCCCCC3)s2)nc2cc(NCC(=O)c3ccccc3)ccc21. The van der Waals surface area contributed by atoms with E-state index in [0.29, 0.717) is 34.4 Å². The first-order chi connectivity index (χ1) is 19.0. The Morgan fingerprint density at radius 1 is 0.974 bits per heavy atom. The number of nitrogens with two attached hydrogens (primary N) is 1. The van der Waals surface area contributed by atoms with Crippen molar-refractivity contribution >= 4 is 51.6 Å². The number of primary amides is 1. The van der Waals surface area contributed by atoms with Gasteiger partial charge in [0.25, 0.3) is 5.91 Å². The standard InChI is InChI=1S/C30H33N5O3S/c31-28(37)16-17-35-24-13-12-22(32-19-25(36)20-8-6-3-7-9-20)18-23(24)33-30(35)34-29(38)27-15-14-26(39-27)21-10-4-1-2-5-11-21/h3,6-9,12-15,18,21,32H,1-2,4-5,10-11,16-17,19H2,(H2,31,37)(H,33,34,38). The minimum absolute atomic E-state index is 0.0187. The number of nitrogens with zero attached hydrogens (tertiary/aromatic N) is 2. The molecule has 1 fully saturated rings. The van der Waals surface area contributed by atoms with Gasteiger partial charge in [-0.1, -0.05) is 56.0 Å². The van der Waals surface area contributed by atoms with Crippen molar-refractivity contribution in [3.63, 3.8) is 0 Å². The lowest BCUT2D eigenvalue weighted by molar-refractivity contribution is -0.118. The maximum Gasteiger partial charge on any atom is 0.268 e. The third-order valence-electron chi connectivity index (χ3n) is 7.21. The van der Waals surface area contributed by atoms with E-state index in [4.69, 9.17) is 5.73 Å². The molecular formula is C30H33N5O3S. The highest BCUT2D eigenvalue weighted by Crippen LogP contribution is 2.35. The first-order valence-electron chi connectivity index (χ1n) is 13.5. The third kappa shape index (κ3) is 6.54. The number of ketones is 1. The molecule has 1 aliphatic carbocycles. The van der Waals surface area contributed by atoms with Crippen LogP contribution in [0, 0.1) is 0 Å². The Morgan fingerprint density at radius 3 is 2.49 bits per heavy atom. The van der Waals surface area contributed by atoms with Crippen molar-refractivity contribution in [3.8, 4) is 0 Å². The molecule has 9 heteroatoms. The summed E-state index contributed by atoms with van der Waals surface area (Å²) in [6.07, 6.45) is 7.53. The summed E-state index contributed by atoms with van der Waals surface area (Å²) in [5.41, 5.74) is 8.19. The number of carbonyl (C=O) groups is 3. The van der Waals surface area contributed by atoms with Crippen LogP contribution in [0.15, 0.2) is 60.7 Å². The van der Waals surface area contributed by atoms with Gasteiger partial charge >= 0.3 is 0 Å². The fourth-order valence-corrected chi connectivity index (χ4v) is 6.19. The fourth-order valence-electron chi connectivity index (χ4n) is 5.11. The van der Waals surface area contributed by atoms with Gasteiger partial charge in [-0.05, 0) is 49.1 Å². The van der Waals surface area contributed by atoms with E-state index < -0.39 is 5.91 Å². The normalized spacial score (nSPS) is 14.2. The van der Waals surface area contributed by atoms with E-state index in [1.165, 1.54) is 43.4 Å². The molecule has 0 spiro atoms. The Hall–Kier alpha value is -3.98. The molecule has 1 aliphatic rings. The smallest absolute Gasteiger partial charge is 0.268 e. The molecule has 0 radical (unpaired) electrons. The van der Waals surface area contributed by atoms with Crippen LogP contribution >= 0.6 is 11.3 Å². The number of rotatable bonds is 10. The molecule has 5 rings (SSSR count). The number of anilines is 2. The predicted molar refractivity (Wildman–Crippen MR) is 156 cm³/mol. The Morgan fingerprint density at radius 2 is 1.74 bits per heavy atom. The second-order valence-electron chi connectivity index (χ2n) is 9.99. The Balaban J connectivity index is 1.34. The zero-order valence-corrected chi connectivity index (χ0v) is 22.6. The summed E-state index contributed by atoms with van der Waals surface area (Å²) in [5.74, 6) is 0.215. The number of aryl methyl sites for hydroxylation is 1. The van der Waals surface area contributed by atoms with Crippen LogP contribution in [-0.2, 0) is 11.3 Å². The van der Waals surface area contributed by atoms with Gasteiger partial charge < -0.3 is 15.6 Å². The van der Waals surface area contributed by atoms with Gasteiger partial charge in [0.15, 0.2) is 5.78 Å². The van der Waals surface area contributed by atoms with Gasteiger partial charge in [-0.25, -0.2) is 4.98 Å². The summed E-state index contributed by atoms with van der Waals surface area (Å²) in [4.78, 5) is 43.8. The highest BCUT2D eigenvalue weighted by atomic mass is 32.1. The number of carbonyl (C=O) groups excluding carboxylic acids is 3. The van der Waals surface area contributed by atoms with Gasteiger partial charge in [0, 0.05) is 29.1 Å². The zero-order chi connectivity index (χ0) is 27.2. The largest absolute Gasteiger partial charge is 0.378 e. The summed E-state index contributed by atoms with van der Waals surface area (Å²) < 4.78 is 1.80. The molecule has 4 N–H and O–H groups in total. The molecule has 2 heterocycles. The number of aromatic nitrogens is 2. The van der Waals surface area contributed by atoms with Crippen LogP contribution < -0.4 is 16.4 Å². The number of fused-ring (bicyclic) bond motifs is 1. The number of nitrogens with one attached hydrogen (secondary N) is 2. The topological polar surface area (TPSA) is 119 Å². The number of thiophene rings is 1. The van der Waals surface area contributed by atoms with Crippen LogP contribution in [0.4, 0.5) is 11.6 Å². The molecule has 202 valence electrons. The van der Waals surface area contributed by atoms with E-state index in [2.05, 4.69) is 21.7 Å². The highest BCUT2D eigenvalue weighted by Gasteiger charge is 2.20. The third-order valence-corrected chi connectivity index (χ3v) is 8.46. The van der Waals surface area contributed by atoms with Gasteiger partial charge in [-0.3, -0.25) is 19.7 Å². The van der Waals surface area contributed by atoms with Crippen LogP contribution in [0.2, 0.25) is 0 Å². The lowest BCUT2D eigenvalue weighted by Crippen LogP contribution is -2.18. The van der Waals surface area contributed by atoms with Gasteiger partial charge in [-0.2, -0.15) is 0 Å². The molecule has 1 saturated carbocycles. The number of amides is 2. The van der Waals surface area contributed by atoms with Crippen molar-refractivity contribution in [1.29, 1.82) is 0 Å². The molecule has 39 heavy (non-hydrogen) atoms. The van der Waals surface area contributed by atoms with Crippen LogP contribution in [-0.4, -0.2) is 33.7 Å². The summed E-state index contributed by atoms with van der Waals surface area (Å²) >= 11 is 1.55. The first-order valence-corrected chi connectivity index (χ1v) is 14.3. The van der Waals surface area contributed by atoms with Crippen molar-refractivity contribution in [2.24, 2.45) is 5.73 Å². The zero-order valence-electron chi connectivity index (χ0n) is 21.8. The average Bonchev–Trinajstić information content (AvgIpc) is 3.46. The molecule has 0 saturated heterocycles. The number of hydrogen-bond acceptors (Lipinski definition) is 6. The molecule has 4 aromatic rings. The predicted octanol–water partition coefficient (Wildman–Crippen LogP) is 5.96. The van der Waals surface area contributed by atoms with Crippen LogP contribution in [0.5, 0.6) is 0 Å². The Bertz CT molecular complexity index is 1470. The number of hydrogen-bond donors (Lipinski definition) is 3. The van der Waals surface area contributed by atoms with Gasteiger partial charge in [0.05, 0.1) is 22.5 Å². The summed E-state index contributed by atoms with van der Waals surface area (Å²) in [6, 6.07) is 18.6. The van der Waals surface area contributed by atoms with E-state index in [1.807, 2.05) is 42.5 Å². The maximum atomic E-state index is 13.2. The van der Waals surface area contributed by atoms with Crippen molar-refractivity contribution in [2.75, 3.05) is 17.2 Å². The molecule has 2 aromatic heterocycles. The second-order valence-corrected chi connectivity index (χ2v) is 11.1. The van der Waals surface area contributed by atoms with E-state index in [-0.39, 0.29) is 24.7 Å². The molecule has 2 amide bonds. The van der Waals surface area contributed by atoms with E-state index in [1.54, 1.807) is 28.0 Å². The summed E-state index contributed by atoms with van der Waals surface area (Å²) in [6.45, 7) is 0.432. The highest BCUT2D eigenvalue weighted by molar-refractivity contribution is 7.14. The Kier molecular flexibility index (Phi) is 8.36. The number of imidazole rings is 1. The molecule has 0 atom stereocenters. The Labute approximate surface area is 231 Å². The van der Waals surface area contributed by atoms with E-state index in [9.17, 15) is 14.4 Å². The molecule has 0 unspecified atom stereocenters. The maximum absolute atomic E-state index is 13.2. The number of benzene rings is 2. The van der Waals surface area contributed by atoms with E-state index >= 15 is 0 Å².